The van der Waals surface area contributed by atoms with Gasteiger partial charge in [-0.3, -0.25) is 4.79 Å². The van der Waals surface area contributed by atoms with E-state index in [-0.39, 0.29) is 18.4 Å². The smallest absolute Gasteiger partial charge is 0.259 e. The summed E-state index contributed by atoms with van der Waals surface area (Å²) in [4.78, 5) is 11.8. The highest BCUT2D eigenvalue weighted by atomic mass is 79.9. The van der Waals surface area contributed by atoms with Crippen molar-refractivity contribution in [2.24, 2.45) is 5.92 Å². The van der Waals surface area contributed by atoms with Crippen molar-refractivity contribution in [3.05, 3.63) is 28.7 Å². The van der Waals surface area contributed by atoms with Crippen molar-refractivity contribution in [2.75, 3.05) is 6.61 Å². The van der Waals surface area contributed by atoms with E-state index in [4.69, 9.17) is 10.00 Å². The SMILES string of the molecule is C[C@@](C#N)(NC(=O)COc1cccc(Br)c1)C1CC1. The van der Waals surface area contributed by atoms with Crippen LogP contribution in [0, 0.1) is 17.2 Å². The van der Waals surface area contributed by atoms with E-state index in [1.165, 1.54) is 0 Å². The lowest BCUT2D eigenvalue weighted by molar-refractivity contribution is -0.124. The van der Waals surface area contributed by atoms with Crippen LogP contribution in [-0.4, -0.2) is 18.1 Å². The van der Waals surface area contributed by atoms with E-state index in [2.05, 4.69) is 27.3 Å². The maximum atomic E-state index is 11.8. The third kappa shape index (κ3) is 3.71. The molecule has 1 aromatic rings. The normalized spacial score (nSPS) is 17.1. The van der Waals surface area contributed by atoms with Gasteiger partial charge in [-0.25, -0.2) is 0 Å². The van der Waals surface area contributed by atoms with E-state index in [0.717, 1.165) is 17.3 Å². The molecule has 1 aliphatic rings. The van der Waals surface area contributed by atoms with Crippen molar-refractivity contribution >= 4 is 21.8 Å². The third-order valence-corrected chi connectivity index (χ3v) is 3.68. The fourth-order valence-corrected chi connectivity index (χ4v) is 2.29. The van der Waals surface area contributed by atoms with Crippen LogP contribution < -0.4 is 10.1 Å². The Morgan fingerprint density at radius 2 is 2.37 bits per heavy atom. The van der Waals surface area contributed by atoms with Gasteiger partial charge in [0, 0.05) is 4.47 Å². The topological polar surface area (TPSA) is 62.1 Å². The lowest BCUT2D eigenvalue weighted by atomic mass is 9.98. The number of rotatable bonds is 5. The first-order chi connectivity index (χ1) is 9.03. The van der Waals surface area contributed by atoms with Crippen LogP contribution in [-0.2, 0) is 4.79 Å². The molecule has 1 atom stereocenters. The summed E-state index contributed by atoms with van der Waals surface area (Å²) in [5.74, 6) is 0.623. The lowest BCUT2D eigenvalue weighted by Gasteiger charge is -2.22. The zero-order valence-electron chi connectivity index (χ0n) is 10.6. The molecule has 1 N–H and O–H groups in total. The van der Waals surface area contributed by atoms with E-state index in [0.29, 0.717) is 5.75 Å². The Hall–Kier alpha value is -1.54. The highest BCUT2D eigenvalue weighted by Crippen LogP contribution is 2.39. The summed E-state index contributed by atoms with van der Waals surface area (Å²) in [6, 6.07) is 9.47. The number of nitriles is 1. The molecule has 0 saturated heterocycles. The predicted octanol–water partition coefficient (Wildman–Crippen LogP) is 2.64. The Morgan fingerprint density at radius 3 is 2.95 bits per heavy atom. The average molecular weight is 323 g/mol. The standard InChI is InChI=1S/C14H15BrN2O2/c1-14(9-16,10-5-6-10)17-13(18)8-19-12-4-2-3-11(15)7-12/h2-4,7,10H,5-6,8H2,1H3,(H,17,18)/t14-/m0/s1. The number of nitrogens with zero attached hydrogens (tertiary/aromatic N) is 1. The summed E-state index contributed by atoms with van der Waals surface area (Å²) < 4.78 is 6.28. The molecule has 0 unspecified atom stereocenters. The minimum Gasteiger partial charge on any atom is -0.484 e. The number of carbonyl (C=O) groups excluding carboxylic acids is 1. The fraction of sp³-hybridized carbons (Fsp3) is 0.429. The van der Waals surface area contributed by atoms with E-state index in [1.54, 1.807) is 19.1 Å². The molecule has 0 bridgehead atoms. The van der Waals surface area contributed by atoms with Crippen LogP contribution >= 0.6 is 15.9 Å². The van der Waals surface area contributed by atoms with Crippen molar-refractivity contribution in [1.82, 2.24) is 5.32 Å². The molecule has 0 aliphatic heterocycles. The first kappa shape index (κ1) is 13.9. The third-order valence-electron chi connectivity index (χ3n) is 3.19. The number of ether oxygens (including phenoxy) is 1. The zero-order chi connectivity index (χ0) is 13.9. The monoisotopic (exact) mass is 322 g/mol. The Bertz CT molecular complexity index is 522. The minimum atomic E-state index is -0.766. The molecule has 1 amide bonds. The molecule has 0 aromatic heterocycles. The highest BCUT2D eigenvalue weighted by Gasteiger charge is 2.43. The van der Waals surface area contributed by atoms with Crippen LogP contribution in [0.4, 0.5) is 0 Å². The van der Waals surface area contributed by atoms with Gasteiger partial charge in [-0.15, -0.1) is 0 Å². The summed E-state index contributed by atoms with van der Waals surface area (Å²) in [5, 5.41) is 11.9. The first-order valence-electron chi connectivity index (χ1n) is 6.14. The van der Waals surface area contributed by atoms with Gasteiger partial charge < -0.3 is 10.1 Å². The van der Waals surface area contributed by atoms with Crippen molar-refractivity contribution in [3.8, 4) is 11.8 Å². The minimum absolute atomic E-state index is 0.0829. The average Bonchev–Trinajstić information content (AvgIpc) is 3.21. The van der Waals surface area contributed by atoms with Gasteiger partial charge in [0.2, 0.25) is 0 Å². The molecule has 100 valence electrons. The van der Waals surface area contributed by atoms with Gasteiger partial charge in [0.15, 0.2) is 6.61 Å². The number of amides is 1. The van der Waals surface area contributed by atoms with Crippen LogP contribution in [0.25, 0.3) is 0 Å². The Kier molecular flexibility index (Phi) is 4.11. The summed E-state index contributed by atoms with van der Waals surface area (Å²) in [6.45, 7) is 1.68. The van der Waals surface area contributed by atoms with E-state index < -0.39 is 5.54 Å². The van der Waals surface area contributed by atoms with Crippen molar-refractivity contribution in [1.29, 1.82) is 5.26 Å². The molecule has 1 fully saturated rings. The quantitative estimate of drug-likeness (QED) is 0.906. The van der Waals surface area contributed by atoms with Gasteiger partial charge in [-0.1, -0.05) is 22.0 Å². The number of hydrogen-bond acceptors (Lipinski definition) is 3. The molecule has 1 saturated carbocycles. The number of halogens is 1. The van der Waals surface area contributed by atoms with Gasteiger partial charge in [-0.05, 0) is 43.9 Å². The molecular weight excluding hydrogens is 308 g/mol. The lowest BCUT2D eigenvalue weighted by Crippen LogP contribution is -2.48. The summed E-state index contributed by atoms with van der Waals surface area (Å²) >= 11 is 3.33. The van der Waals surface area contributed by atoms with Crippen molar-refractivity contribution in [3.63, 3.8) is 0 Å². The molecule has 4 nitrogen and oxygen atoms in total. The van der Waals surface area contributed by atoms with Gasteiger partial charge >= 0.3 is 0 Å². The molecule has 1 aliphatic carbocycles. The van der Waals surface area contributed by atoms with E-state index in [9.17, 15) is 4.79 Å². The van der Waals surface area contributed by atoms with Gasteiger partial charge in [0.1, 0.15) is 11.3 Å². The maximum absolute atomic E-state index is 11.8. The predicted molar refractivity (Wildman–Crippen MR) is 74.5 cm³/mol. The van der Waals surface area contributed by atoms with Crippen LogP contribution in [0.2, 0.25) is 0 Å². The second-order valence-electron chi connectivity index (χ2n) is 4.88. The van der Waals surface area contributed by atoms with E-state index in [1.807, 2.05) is 12.1 Å². The van der Waals surface area contributed by atoms with Gasteiger partial charge in [0.25, 0.3) is 5.91 Å². The molecule has 0 radical (unpaired) electrons. The Balaban J connectivity index is 1.86. The van der Waals surface area contributed by atoms with Gasteiger partial charge in [0.05, 0.1) is 6.07 Å². The van der Waals surface area contributed by atoms with Crippen LogP contribution in [0.5, 0.6) is 5.75 Å². The summed E-state index contributed by atoms with van der Waals surface area (Å²) in [6.07, 6.45) is 1.99. The second kappa shape index (κ2) is 5.62. The van der Waals surface area contributed by atoms with Crippen LogP contribution in [0.1, 0.15) is 19.8 Å². The number of nitrogens with one attached hydrogen (secondary N) is 1. The summed E-state index contributed by atoms with van der Waals surface area (Å²) in [7, 11) is 0. The molecule has 19 heavy (non-hydrogen) atoms. The van der Waals surface area contributed by atoms with Crippen LogP contribution in [0.15, 0.2) is 28.7 Å². The first-order valence-corrected chi connectivity index (χ1v) is 6.93. The number of carbonyl (C=O) groups is 1. The number of benzene rings is 1. The highest BCUT2D eigenvalue weighted by molar-refractivity contribution is 9.10. The number of hydrogen-bond donors (Lipinski definition) is 1. The van der Waals surface area contributed by atoms with Gasteiger partial charge in [-0.2, -0.15) is 5.26 Å². The largest absolute Gasteiger partial charge is 0.484 e. The van der Waals surface area contributed by atoms with Crippen LogP contribution in [0.3, 0.4) is 0 Å². The second-order valence-corrected chi connectivity index (χ2v) is 5.80. The molecule has 0 spiro atoms. The molecule has 1 aromatic carbocycles. The van der Waals surface area contributed by atoms with Crippen molar-refractivity contribution in [2.45, 2.75) is 25.3 Å². The zero-order valence-corrected chi connectivity index (χ0v) is 12.2. The van der Waals surface area contributed by atoms with Crippen molar-refractivity contribution < 1.29 is 9.53 Å². The molecule has 0 heterocycles. The Morgan fingerprint density at radius 1 is 1.63 bits per heavy atom. The molecule has 5 heteroatoms. The van der Waals surface area contributed by atoms with E-state index >= 15 is 0 Å². The molecular formula is C14H15BrN2O2. The Labute approximate surface area is 120 Å². The maximum Gasteiger partial charge on any atom is 0.259 e. The fourth-order valence-electron chi connectivity index (χ4n) is 1.91. The summed E-state index contributed by atoms with van der Waals surface area (Å²) in [5.41, 5.74) is -0.766. The molecule has 2 rings (SSSR count).